The minimum absolute atomic E-state index is 0.0229. The van der Waals surface area contributed by atoms with Crippen LogP contribution in [-0.2, 0) is 41.1 Å². The number of H-pyrrole nitrogens is 1. The molecule has 2 bridgehead atoms. The number of anilines is 2. The maximum absolute atomic E-state index is 13.9. The average molecular weight is 786 g/mol. The number of imidazole rings is 1. The van der Waals surface area contributed by atoms with E-state index in [9.17, 15) is 23.7 Å². The van der Waals surface area contributed by atoms with Gasteiger partial charge in [-0.05, 0) is 24.2 Å². The van der Waals surface area contributed by atoms with Crippen LogP contribution in [0, 0.1) is 5.92 Å². The Morgan fingerprint density at radius 1 is 0.962 bits per heavy atom. The predicted molar refractivity (Wildman–Crippen MR) is 185 cm³/mol. The molecule has 0 aliphatic carbocycles. The Hall–Kier alpha value is -3.11. The van der Waals surface area contributed by atoms with Gasteiger partial charge in [0.15, 0.2) is 25.7 Å². The molecule has 7 N–H and O–H groups in total. The second-order valence-electron chi connectivity index (χ2n) is 14.5. The van der Waals surface area contributed by atoms with Gasteiger partial charge in [0.05, 0.1) is 24.9 Å². The van der Waals surface area contributed by atoms with Crippen molar-refractivity contribution in [3.8, 4) is 0 Å². The van der Waals surface area contributed by atoms with E-state index in [4.69, 9.17) is 43.5 Å². The highest BCUT2D eigenvalue weighted by atomic mass is 31.2. The van der Waals surface area contributed by atoms with Gasteiger partial charge in [-0.2, -0.15) is 4.98 Å². The van der Waals surface area contributed by atoms with Gasteiger partial charge >= 0.3 is 15.6 Å². The maximum Gasteiger partial charge on any atom is 0.472 e. The van der Waals surface area contributed by atoms with Crippen LogP contribution in [0.3, 0.4) is 0 Å². The molecule has 4 unspecified atom stereocenters. The van der Waals surface area contributed by atoms with Crippen LogP contribution in [-0.4, -0.2) is 95.9 Å². The van der Waals surface area contributed by atoms with Crippen LogP contribution in [0.15, 0.2) is 29.7 Å². The monoisotopic (exact) mass is 785 g/mol. The molecule has 3 saturated heterocycles. The summed E-state index contributed by atoms with van der Waals surface area (Å²) in [4.78, 5) is 54.0. The van der Waals surface area contributed by atoms with Gasteiger partial charge < -0.3 is 39.7 Å². The number of phosphoric ester groups is 2. The molecule has 0 saturated carbocycles. The largest absolute Gasteiger partial charge is 0.472 e. The molecule has 4 aromatic heterocycles. The molecule has 7 rings (SSSR count). The first kappa shape index (κ1) is 37.2. The van der Waals surface area contributed by atoms with E-state index in [1.54, 1.807) is 23.8 Å². The molecule has 0 aromatic carbocycles. The van der Waals surface area contributed by atoms with Crippen LogP contribution >= 0.6 is 15.6 Å². The standard InChI is InChI=1S/C28H41N9O12P2Si/c1-13-18-15(45-25(13)36-8-7-14-21(29)31-11-32-22(14)36)9-43-51(41,42)48-20-19(49-52(5,6)28(2,3)4)16(10-44-50(39,40)47-18)46-26(20)37-12-33-17-23(37)34-27(30)35-24(17)38/h7-8,11-13,15-16,18-20,25-26H,9-10H2,1-6H3,(H,39,40)(H,41,42)(H2,29,31,32)(H3,30,34,35,38)/t13-,15+,16+,18?,19?,20-,25+,26+/m0/s1. The summed E-state index contributed by atoms with van der Waals surface area (Å²) < 4.78 is 72.6. The summed E-state index contributed by atoms with van der Waals surface area (Å²) in [6.07, 6.45) is -4.18. The van der Waals surface area contributed by atoms with Gasteiger partial charge in [0.2, 0.25) is 5.95 Å². The minimum atomic E-state index is -5.03. The van der Waals surface area contributed by atoms with Crippen molar-refractivity contribution in [2.45, 2.75) is 88.8 Å². The van der Waals surface area contributed by atoms with Gasteiger partial charge in [-0.1, -0.05) is 27.7 Å². The molecule has 3 fully saturated rings. The van der Waals surface area contributed by atoms with Crippen LogP contribution in [0.1, 0.15) is 40.2 Å². The van der Waals surface area contributed by atoms with Crippen LogP contribution < -0.4 is 17.0 Å². The van der Waals surface area contributed by atoms with Crippen molar-refractivity contribution in [3.05, 3.63) is 35.3 Å². The van der Waals surface area contributed by atoms with Crippen molar-refractivity contribution in [2.75, 3.05) is 24.7 Å². The highest BCUT2D eigenvalue weighted by molar-refractivity contribution is 7.47. The summed E-state index contributed by atoms with van der Waals surface area (Å²) >= 11 is 0. The van der Waals surface area contributed by atoms with Gasteiger partial charge in [0.25, 0.3) is 5.56 Å². The molecule has 3 aliphatic heterocycles. The molecule has 4 aromatic rings. The molecule has 0 amide bonds. The number of fused-ring (bicyclic) bond motifs is 5. The molecule has 10 atom stereocenters. The van der Waals surface area contributed by atoms with E-state index >= 15 is 0 Å². The Labute approximate surface area is 297 Å². The summed E-state index contributed by atoms with van der Waals surface area (Å²) in [6, 6.07) is 1.69. The van der Waals surface area contributed by atoms with Crippen LogP contribution in [0.4, 0.5) is 11.8 Å². The number of phosphoric acid groups is 2. The number of nitrogens with one attached hydrogen (secondary N) is 1. The van der Waals surface area contributed by atoms with Gasteiger partial charge in [0.1, 0.15) is 54.5 Å². The van der Waals surface area contributed by atoms with E-state index < -0.39 is 91.6 Å². The summed E-state index contributed by atoms with van der Waals surface area (Å²) in [5.41, 5.74) is 11.5. The minimum Gasteiger partial charge on any atom is -0.408 e. The number of nitrogens with zero attached hydrogens (tertiary/aromatic N) is 6. The fraction of sp³-hybridized carbons (Fsp3) is 0.607. The Bertz CT molecular complexity index is 2160. The third-order valence-corrected chi connectivity index (χ3v) is 16.5. The number of nitrogen functional groups attached to an aromatic ring is 2. The highest BCUT2D eigenvalue weighted by Gasteiger charge is 2.56. The Kier molecular flexibility index (Phi) is 9.32. The highest BCUT2D eigenvalue weighted by Crippen LogP contribution is 2.55. The first-order chi connectivity index (χ1) is 24.3. The number of aromatic nitrogens is 7. The summed E-state index contributed by atoms with van der Waals surface area (Å²) in [6.45, 7) is 10.3. The smallest absolute Gasteiger partial charge is 0.408 e. The van der Waals surface area contributed by atoms with Gasteiger partial charge in [-0.25, -0.2) is 24.1 Å². The van der Waals surface area contributed by atoms with E-state index in [0.29, 0.717) is 11.0 Å². The summed E-state index contributed by atoms with van der Waals surface area (Å²) in [5, 5.41) is 0.184. The normalized spacial score (nSPS) is 34.9. The molecule has 21 nitrogen and oxygen atoms in total. The van der Waals surface area contributed by atoms with E-state index in [1.807, 2.05) is 33.9 Å². The number of ether oxygens (including phenoxy) is 2. The van der Waals surface area contributed by atoms with Crippen molar-refractivity contribution in [1.82, 2.24) is 34.1 Å². The molecular formula is C28H41N9O12P2Si. The van der Waals surface area contributed by atoms with Crippen molar-refractivity contribution in [2.24, 2.45) is 5.92 Å². The molecular weight excluding hydrogens is 744 g/mol. The average Bonchev–Trinajstić information content (AvgIpc) is 3.80. The quantitative estimate of drug-likeness (QED) is 0.147. The second-order valence-corrected chi connectivity index (χ2v) is 22.1. The number of rotatable bonds is 4. The molecule has 24 heteroatoms. The van der Waals surface area contributed by atoms with E-state index in [1.165, 1.54) is 17.2 Å². The van der Waals surface area contributed by atoms with E-state index in [2.05, 4.69) is 24.9 Å². The van der Waals surface area contributed by atoms with Crippen molar-refractivity contribution in [3.63, 3.8) is 0 Å². The third-order valence-electron chi connectivity index (χ3n) is 10.0. The van der Waals surface area contributed by atoms with Crippen LogP contribution in [0.25, 0.3) is 22.2 Å². The Morgan fingerprint density at radius 3 is 2.31 bits per heavy atom. The molecule has 52 heavy (non-hydrogen) atoms. The lowest BCUT2D eigenvalue weighted by Gasteiger charge is -2.40. The van der Waals surface area contributed by atoms with Gasteiger partial charge in [-0.15, -0.1) is 0 Å². The van der Waals surface area contributed by atoms with Crippen molar-refractivity contribution >= 4 is 57.9 Å². The zero-order chi connectivity index (χ0) is 37.5. The van der Waals surface area contributed by atoms with E-state index in [0.717, 1.165) is 0 Å². The van der Waals surface area contributed by atoms with Gasteiger partial charge in [0, 0.05) is 12.1 Å². The predicted octanol–water partition coefficient (Wildman–Crippen LogP) is 2.57. The van der Waals surface area contributed by atoms with Crippen molar-refractivity contribution in [1.29, 1.82) is 0 Å². The SMILES string of the molecule is C[C@H]1C2OP(=O)(O)OC[C@H]3O[C@@H](n4cnc5c(=O)[nH]c(N)nc54)[C@@H](OP(=O)(O)OC[C@H]2O[C@H]1n1ccc2c(N)ncnc21)C3O[Si](C)(C)C(C)(C)C. The van der Waals surface area contributed by atoms with Crippen LogP contribution in [0.5, 0.6) is 0 Å². The second kappa shape index (κ2) is 13.0. The fourth-order valence-corrected chi connectivity index (χ4v) is 9.64. The topological polar surface area (TPSA) is 286 Å². The maximum atomic E-state index is 13.9. The first-order valence-corrected chi connectivity index (χ1v) is 22.2. The zero-order valence-corrected chi connectivity index (χ0v) is 31.8. The number of nitrogens with two attached hydrogens (primary N) is 2. The fourth-order valence-electron chi connectivity index (χ4n) is 6.36. The van der Waals surface area contributed by atoms with Crippen LogP contribution in [0.2, 0.25) is 18.1 Å². The Balaban J connectivity index is 1.27. The molecule has 284 valence electrons. The lowest BCUT2D eigenvalue weighted by atomic mass is 10.0. The molecule has 0 radical (unpaired) electrons. The third kappa shape index (κ3) is 6.76. The zero-order valence-electron chi connectivity index (χ0n) is 29.1. The lowest BCUT2D eigenvalue weighted by molar-refractivity contribution is -0.0669. The molecule has 3 aliphatic rings. The lowest BCUT2D eigenvalue weighted by Crippen LogP contribution is -2.50. The summed E-state index contributed by atoms with van der Waals surface area (Å²) in [7, 11) is -12.7. The number of hydrogen-bond acceptors (Lipinski definition) is 16. The number of hydrogen-bond donors (Lipinski definition) is 5. The van der Waals surface area contributed by atoms with E-state index in [-0.39, 0.29) is 28.0 Å². The van der Waals surface area contributed by atoms with Gasteiger partial charge in [-0.3, -0.25) is 32.4 Å². The van der Waals surface area contributed by atoms with Crippen molar-refractivity contribution < 1.29 is 50.9 Å². The molecule has 0 spiro atoms. The Morgan fingerprint density at radius 2 is 1.62 bits per heavy atom. The number of aromatic amines is 1. The summed E-state index contributed by atoms with van der Waals surface area (Å²) in [5.74, 6) is -0.635. The first-order valence-electron chi connectivity index (χ1n) is 16.3. The molecule has 7 heterocycles.